The summed E-state index contributed by atoms with van der Waals surface area (Å²) in [5.74, 6) is 0.944. The van der Waals surface area contributed by atoms with Crippen molar-refractivity contribution in [3.8, 4) is 0 Å². The van der Waals surface area contributed by atoms with Gasteiger partial charge >= 0.3 is 0 Å². The Balaban J connectivity index is 2.41. The molecule has 1 amide bonds. The van der Waals surface area contributed by atoms with Gasteiger partial charge in [-0.3, -0.25) is 9.79 Å². The molecule has 26 heavy (non-hydrogen) atoms. The highest BCUT2D eigenvalue weighted by Crippen LogP contribution is 2.20. The number of guanidine groups is 1. The van der Waals surface area contributed by atoms with Crippen LogP contribution in [0.2, 0.25) is 0 Å². The predicted octanol–water partition coefficient (Wildman–Crippen LogP) is 3.31. The maximum Gasteiger partial charge on any atom is 0.243 e. The van der Waals surface area contributed by atoms with Crippen molar-refractivity contribution < 1.29 is 9.53 Å². The molecule has 0 aromatic heterocycles. The Morgan fingerprint density at radius 3 is 2.65 bits per heavy atom. The van der Waals surface area contributed by atoms with Gasteiger partial charge in [-0.15, -0.1) is 0 Å². The zero-order chi connectivity index (χ0) is 19.5. The molecular weight excluding hydrogens is 396 g/mol. The molecule has 0 heterocycles. The van der Waals surface area contributed by atoms with Crippen molar-refractivity contribution in [1.82, 2.24) is 10.6 Å². The van der Waals surface area contributed by atoms with Crippen molar-refractivity contribution in [2.75, 3.05) is 32.1 Å². The molecule has 0 bridgehead atoms. The number of rotatable bonds is 9. The van der Waals surface area contributed by atoms with Gasteiger partial charge in [0.1, 0.15) is 0 Å². The highest BCUT2D eigenvalue weighted by molar-refractivity contribution is 9.10. The van der Waals surface area contributed by atoms with Gasteiger partial charge in [0.15, 0.2) is 5.96 Å². The number of nitrogens with zero attached hydrogens (tertiary/aromatic N) is 1. The van der Waals surface area contributed by atoms with Crippen LogP contribution in [0.5, 0.6) is 0 Å². The Bertz CT molecular complexity index is 605. The number of carbonyl (C=O) groups excluding carboxylic acids is 1. The van der Waals surface area contributed by atoms with Crippen LogP contribution in [0.4, 0.5) is 5.69 Å². The van der Waals surface area contributed by atoms with Crippen LogP contribution in [0.3, 0.4) is 0 Å². The van der Waals surface area contributed by atoms with Crippen LogP contribution in [0, 0.1) is 12.8 Å². The van der Waals surface area contributed by atoms with Gasteiger partial charge < -0.3 is 20.7 Å². The second-order valence-corrected chi connectivity index (χ2v) is 7.30. The minimum Gasteiger partial charge on any atom is -0.378 e. The maximum absolute atomic E-state index is 12.2. The monoisotopic (exact) mass is 426 g/mol. The quantitative estimate of drug-likeness (QED) is 0.418. The lowest BCUT2D eigenvalue weighted by Crippen LogP contribution is -2.42. The lowest BCUT2D eigenvalue weighted by atomic mass is 10.0. The molecule has 1 aromatic rings. The second kappa shape index (κ2) is 11.9. The minimum atomic E-state index is -0.122. The summed E-state index contributed by atoms with van der Waals surface area (Å²) in [5.41, 5.74) is 1.81. The van der Waals surface area contributed by atoms with Crippen molar-refractivity contribution in [3.63, 3.8) is 0 Å². The Hall–Kier alpha value is -1.60. The smallest absolute Gasteiger partial charge is 0.243 e. The van der Waals surface area contributed by atoms with Gasteiger partial charge in [0.2, 0.25) is 5.91 Å². The van der Waals surface area contributed by atoms with E-state index in [1.165, 1.54) is 0 Å². The first-order valence-electron chi connectivity index (χ1n) is 8.99. The van der Waals surface area contributed by atoms with E-state index in [0.29, 0.717) is 18.5 Å². The molecule has 0 spiro atoms. The fourth-order valence-electron chi connectivity index (χ4n) is 2.46. The third-order valence-corrected chi connectivity index (χ3v) is 4.45. The number of hydrogen-bond donors (Lipinski definition) is 3. The number of anilines is 1. The van der Waals surface area contributed by atoms with Gasteiger partial charge in [-0.25, -0.2) is 0 Å². The summed E-state index contributed by atoms with van der Waals surface area (Å²) in [4.78, 5) is 16.3. The largest absolute Gasteiger partial charge is 0.378 e. The molecule has 0 aliphatic rings. The lowest BCUT2D eigenvalue weighted by Gasteiger charge is -2.21. The third kappa shape index (κ3) is 8.19. The SMILES string of the molecule is CCOC(CCNC(=NC)NCC(=O)Nc1cc(Br)ccc1C)C(C)C. The standard InChI is InChI=1S/C19H31BrN4O2/c1-6-26-17(13(2)3)9-10-22-19(21-5)23-12-18(25)24-16-11-15(20)8-7-14(16)4/h7-8,11,13,17H,6,9-10,12H2,1-5H3,(H,24,25)(H2,21,22,23). The van der Waals surface area contributed by atoms with Crippen LogP contribution in [-0.4, -0.2) is 44.7 Å². The molecule has 146 valence electrons. The number of aliphatic imine (C=N–C) groups is 1. The molecule has 0 saturated heterocycles. The van der Waals surface area contributed by atoms with Crippen molar-refractivity contribution in [1.29, 1.82) is 0 Å². The van der Waals surface area contributed by atoms with E-state index in [9.17, 15) is 4.79 Å². The normalized spacial score (nSPS) is 12.8. The van der Waals surface area contributed by atoms with Crippen molar-refractivity contribution >= 4 is 33.5 Å². The first-order chi connectivity index (χ1) is 12.4. The van der Waals surface area contributed by atoms with Crippen molar-refractivity contribution in [3.05, 3.63) is 28.2 Å². The maximum atomic E-state index is 12.2. The van der Waals surface area contributed by atoms with E-state index >= 15 is 0 Å². The molecule has 1 unspecified atom stereocenters. The van der Waals surface area contributed by atoms with Crippen molar-refractivity contribution in [2.45, 2.75) is 40.2 Å². The summed E-state index contributed by atoms with van der Waals surface area (Å²) in [7, 11) is 1.69. The zero-order valence-corrected chi connectivity index (χ0v) is 17.9. The number of benzene rings is 1. The summed E-state index contributed by atoms with van der Waals surface area (Å²) >= 11 is 3.41. The zero-order valence-electron chi connectivity index (χ0n) is 16.4. The Morgan fingerprint density at radius 2 is 2.04 bits per heavy atom. The number of amides is 1. The van der Waals surface area contributed by atoms with Crippen molar-refractivity contribution in [2.24, 2.45) is 10.9 Å². The number of aryl methyl sites for hydroxylation is 1. The van der Waals surface area contributed by atoms with Crippen LogP contribution in [0.15, 0.2) is 27.7 Å². The molecule has 0 aliphatic heterocycles. The summed E-state index contributed by atoms with van der Waals surface area (Å²) < 4.78 is 6.66. The van der Waals surface area contributed by atoms with E-state index in [1.54, 1.807) is 7.05 Å². The van der Waals surface area contributed by atoms with E-state index < -0.39 is 0 Å². The van der Waals surface area contributed by atoms with Gasteiger partial charge in [-0.2, -0.15) is 0 Å². The molecule has 0 saturated carbocycles. The molecular formula is C19H31BrN4O2. The first kappa shape index (κ1) is 22.4. The van der Waals surface area contributed by atoms with Gasteiger partial charge in [0.05, 0.1) is 12.6 Å². The summed E-state index contributed by atoms with van der Waals surface area (Å²) in [6, 6.07) is 5.79. The van der Waals surface area contributed by atoms with Gasteiger partial charge in [0, 0.05) is 30.4 Å². The topological polar surface area (TPSA) is 74.8 Å². The van der Waals surface area contributed by atoms with E-state index in [1.807, 2.05) is 32.0 Å². The number of nitrogens with one attached hydrogen (secondary N) is 3. The van der Waals surface area contributed by atoms with E-state index in [0.717, 1.165) is 28.7 Å². The third-order valence-electron chi connectivity index (χ3n) is 3.96. The number of ether oxygens (including phenoxy) is 1. The lowest BCUT2D eigenvalue weighted by molar-refractivity contribution is -0.115. The summed E-state index contributed by atoms with van der Waals surface area (Å²) in [6.07, 6.45) is 1.10. The number of hydrogen-bond acceptors (Lipinski definition) is 3. The average molecular weight is 427 g/mol. The molecule has 7 heteroatoms. The van der Waals surface area contributed by atoms with Gasteiger partial charge in [-0.05, 0) is 43.9 Å². The molecule has 1 rings (SSSR count). The average Bonchev–Trinajstić information content (AvgIpc) is 2.60. The van der Waals surface area contributed by atoms with Gasteiger partial charge in [0.25, 0.3) is 0 Å². The fraction of sp³-hybridized carbons (Fsp3) is 0.579. The predicted molar refractivity (Wildman–Crippen MR) is 112 cm³/mol. The molecule has 0 fully saturated rings. The molecule has 1 aromatic carbocycles. The summed E-state index contributed by atoms with van der Waals surface area (Å²) in [5, 5.41) is 9.16. The Morgan fingerprint density at radius 1 is 1.31 bits per heavy atom. The van der Waals surface area contributed by atoms with Crippen LogP contribution < -0.4 is 16.0 Å². The molecule has 6 nitrogen and oxygen atoms in total. The van der Waals surface area contributed by atoms with Crippen LogP contribution in [0.1, 0.15) is 32.8 Å². The van der Waals surface area contributed by atoms with Crippen LogP contribution in [-0.2, 0) is 9.53 Å². The molecule has 0 radical (unpaired) electrons. The van der Waals surface area contributed by atoms with E-state index in [-0.39, 0.29) is 18.6 Å². The number of carbonyl (C=O) groups is 1. The Labute approximate surface area is 165 Å². The van der Waals surface area contributed by atoms with Gasteiger partial charge in [-0.1, -0.05) is 35.8 Å². The highest BCUT2D eigenvalue weighted by atomic mass is 79.9. The van der Waals surface area contributed by atoms with E-state index in [2.05, 4.69) is 50.7 Å². The minimum absolute atomic E-state index is 0.122. The molecule has 0 aliphatic carbocycles. The molecule has 3 N–H and O–H groups in total. The molecule has 1 atom stereocenters. The summed E-state index contributed by atoms with van der Waals surface area (Å²) in [6.45, 7) is 9.86. The number of halogens is 1. The first-order valence-corrected chi connectivity index (χ1v) is 9.78. The van der Waals surface area contributed by atoms with Crippen LogP contribution >= 0.6 is 15.9 Å². The van der Waals surface area contributed by atoms with Crippen LogP contribution in [0.25, 0.3) is 0 Å². The fourth-order valence-corrected chi connectivity index (χ4v) is 2.83. The Kier molecular flexibility index (Phi) is 10.3. The second-order valence-electron chi connectivity index (χ2n) is 6.39. The van der Waals surface area contributed by atoms with E-state index in [4.69, 9.17) is 4.74 Å². The highest BCUT2D eigenvalue weighted by Gasteiger charge is 2.13.